The molecule has 0 aromatic heterocycles. The van der Waals surface area contributed by atoms with Gasteiger partial charge in [-0.25, -0.2) is 0 Å². The van der Waals surface area contributed by atoms with Gasteiger partial charge in [0.1, 0.15) is 0 Å². The average Bonchev–Trinajstić information content (AvgIpc) is 2.64. The lowest BCUT2D eigenvalue weighted by Crippen LogP contribution is -2.13. The Kier molecular flexibility index (Phi) is 2.68. The highest BCUT2D eigenvalue weighted by Crippen LogP contribution is 2.46. The standard InChI is InChI=1S/C22H8Br2O2/c23-13-7-3-9-1-5-11-17-15(9)19(13)22(26)12-6-2-10-4-8-14(24)20(21(11)25)16(10)18(12)17/h1-8H. The highest BCUT2D eigenvalue weighted by Gasteiger charge is 2.26. The molecule has 0 spiro atoms. The Morgan fingerprint density at radius 2 is 0.885 bits per heavy atom. The molecule has 0 saturated heterocycles. The fraction of sp³-hybridized carbons (Fsp3) is 0. The van der Waals surface area contributed by atoms with Gasteiger partial charge in [0.05, 0.1) is 0 Å². The molecule has 2 aliphatic carbocycles. The molecule has 26 heavy (non-hydrogen) atoms. The minimum Gasteiger partial charge on any atom is -0.289 e. The van der Waals surface area contributed by atoms with E-state index in [0.29, 0.717) is 21.5 Å². The van der Waals surface area contributed by atoms with E-state index in [1.807, 2.05) is 48.5 Å². The van der Waals surface area contributed by atoms with E-state index in [-0.39, 0.29) is 10.9 Å². The van der Waals surface area contributed by atoms with Crippen LogP contribution in [-0.2, 0) is 0 Å². The lowest BCUT2D eigenvalue weighted by atomic mass is 9.81. The van der Waals surface area contributed by atoms with Crippen LogP contribution in [0.3, 0.4) is 0 Å². The van der Waals surface area contributed by atoms with Crippen molar-refractivity contribution in [1.29, 1.82) is 0 Å². The number of hydrogen-bond acceptors (Lipinski definition) is 2. The summed E-state index contributed by atoms with van der Waals surface area (Å²) in [7, 11) is 0. The molecule has 122 valence electrons. The summed E-state index contributed by atoms with van der Waals surface area (Å²) in [5.41, 5.74) is 1.80. The summed E-state index contributed by atoms with van der Waals surface area (Å²) in [4.78, 5) is 26.7. The van der Waals surface area contributed by atoms with Crippen LogP contribution in [0, 0.1) is 0 Å². The Bertz CT molecular complexity index is 1470. The first-order valence-electron chi connectivity index (χ1n) is 8.18. The maximum absolute atomic E-state index is 13.3. The zero-order valence-electron chi connectivity index (χ0n) is 13.2. The van der Waals surface area contributed by atoms with Gasteiger partial charge < -0.3 is 0 Å². The van der Waals surface area contributed by atoms with Gasteiger partial charge in [-0.05, 0) is 35.0 Å². The van der Waals surface area contributed by atoms with Crippen LogP contribution in [0.2, 0.25) is 0 Å². The van der Waals surface area contributed by atoms with Gasteiger partial charge in [-0.2, -0.15) is 0 Å². The molecule has 4 aromatic carbocycles. The van der Waals surface area contributed by atoms with Gasteiger partial charge in [-0.3, -0.25) is 9.59 Å². The number of hydrogen-bond donors (Lipinski definition) is 0. The quantitative estimate of drug-likeness (QED) is 0.205. The van der Waals surface area contributed by atoms with Gasteiger partial charge in [0, 0.05) is 52.4 Å². The molecular formula is C22H8Br2O2. The summed E-state index contributed by atoms with van der Waals surface area (Å²) in [6, 6.07) is 15.4. The van der Waals surface area contributed by atoms with Crippen molar-refractivity contribution in [2.24, 2.45) is 0 Å². The van der Waals surface area contributed by atoms with E-state index in [4.69, 9.17) is 0 Å². The Morgan fingerprint density at radius 3 is 1.31 bits per heavy atom. The van der Waals surface area contributed by atoms with Gasteiger partial charge >= 0.3 is 0 Å². The largest absolute Gasteiger partial charge is 0.289 e. The van der Waals surface area contributed by atoms with Gasteiger partial charge in [0.15, 0.2) is 10.9 Å². The Hall–Kier alpha value is -2.30. The molecule has 0 saturated carbocycles. The van der Waals surface area contributed by atoms with Gasteiger partial charge in [-0.1, -0.05) is 56.1 Å². The molecule has 0 amide bonds. The molecule has 0 radical (unpaired) electrons. The Balaban J connectivity index is 2.18. The summed E-state index contributed by atoms with van der Waals surface area (Å²) in [5.74, 6) is 0. The Morgan fingerprint density at radius 1 is 0.500 bits per heavy atom. The van der Waals surface area contributed by atoms with E-state index in [1.165, 1.54) is 0 Å². The number of halogens is 2. The lowest BCUT2D eigenvalue weighted by molar-refractivity contribution is 1.62. The molecule has 4 aromatic rings. The van der Waals surface area contributed by atoms with Crippen molar-refractivity contribution in [3.63, 3.8) is 0 Å². The van der Waals surface area contributed by atoms with Crippen LogP contribution in [0.5, 0.6) is 0 Å². The SMILES string of the molecule is O=c1c2ccc3ccc(Br)c4c(=O)c5ccc6ccc(Br)c1c6c5-c2c34. The second kappa shape index (κ2) is 4.70. The second-order valence-corrected chi connectivity index (χ2v) is 8.38. The van der Waals surface area contributed by atoms with Gasteiger partial charge in [-0.15, -0.1) is 0 Å². The summed E-state index contributed by atoms with van der Waals surface area (Å²) < 4.78 is 1.53. The molecule has 0 atom stereocenters. The van der Waals surface area contributed by atoms with Crippen LogP contribution < -0.4 is 10.9 Å². The van der Waals surface area contributed by atoms with Crippen molar-refractivity contribution >= 4 is 74.9 Å². The predicted octanol–water partition coefficient (Wildman–Crippen LogP) is 5.96. The molecular weight excluding hydrogens is 456 g/mol. The third-order valence-electron chi connectivity index (χ3n) is 5.46. The van der Waals surface area contributed by atoms with Crippen LogP contribution in [-0.4, -0.2) is 0 Å². The summed E-state index contributed by atoms with van der Waals surface area (Å²) >= 11 is 7.08. The maximum Gasteiger partial charge on any atom is 0.195 e. The molecule has 0 heterocycles. The predicted molar refractivity (Wildman–Crippen MR) is 115 cm³/mol. The smallest absolute Gasteiger partial charge is 0.195 e. The third kappa shape index (κ3) is 1.54. The van der Waals surface area contributed by atoms with Crippen molar-refractivity contribution in [1.82, 2.24) is 0 Å². The fourth-order valence-corrected chi connectivity index (χ4v) is 5.42. The molecule has 0 aliphatic heterocycles. The molecule has 0 unspecified atom stereocenters. The van der Waals surface area contributed by atoms with Crippen molar-refractivity contribution in [3.8, 4) is 11.1 Å². The van der Waals surface area contributed by atoms with Crippen molar-refractivity contribution < 1.29 is 0 Å². The van der Waals surface area contributed by atoms with Crippen molar-refractivity contribution in [2.75, 3.05) is 0 Å². The van der Waals surface area contributed by atoms with Crippen LogP contribution in [0.15, 0.2) is 67.1 Å². The first kappa shape index (κ1) is 14.8. The highest BCUT2D eigenvalue weighted by molar-refractivity contribution is 9.11. The lowest BCUT2D eigenvalue weighted by Gasteiger charge is -2.21. The van der Waals surface area contributed by atoms with E-state index in [2.05, 4.69) is 31.9 Å². The van der Waals surface area contributed by atoms with E-state index in [1.54, 1.807) is 0 Å². The average molecular weight is 464 g/mol. The normalized spacial score (nSPS) is 12.5. The topological polar surface area (TPSA) is 34.1 Å². The Labute approximate surface area is 163 Å². The first-order chi connectivity index (χ1) is 12.6. The molecule has 2 nitrogen and oxygen atoms in total. The fourth-order valence-electron chi connectivity index (χ4n) is 4.40. The first-order valence-corrected chi connectivity index (χ1v) is 9.76. The molecule has 0 fully saturated rings. The van der Waals surface area contributed by atoms with E-state index in [0.717, 1.165) is 41.6 Å². The maximum atomic E-state index is 13.3. The monoisotopic (exact) mass is 462 g/mol. The zero-order chi connectivity index (χ0) is 17.7. The number of rotatable bonds is 0. The molecule has 4 heteroatoms. The summed E-state index contributed by atoms with van der Waals surface area (Å²) in [6.45, 7) is 0. The van der Waals surface area contributed by atoms with E-state index < -0.39 is 0 Å². The second-order valence-electron chi connectivity index (χ2n) is 6.68. The van der Waals surface area contributed by atoms with Gasteiger partial charge in [0.2, 0.25) is 0 Å². The molecule has 2 aliphatic rings. The van der Waals surface area contributed by atoms with Gasteiger partial charge in [0.25, 0.3) is 0 Å². The van der Waals surface area contributed by atoms with Crippen molar-refractivity contribution in [2.45, 2.75) is 0 Å². The third-order valence-corrected chi connectivity index (χ3v) is 6.79. The molecule has 0 N–H and O–H groups in total. The van der Waals surface area contributed by atoms with Crippen LogP contribution in [0.1, 0.15) is 0 Å². The summed E-state index contributed by atoms with van der Waals surface area (Å²) in [6.07, 6.45) is 0. The van der Waals surface area contributed by atoms with Crippen LogP contribution in [0.4, 0.5) is 0 Å². The highest BCUT2D eigenvalue weighted by atomic mass is 79.9. The molecule has 6 rings (SSSR count). The zero-order valence-corrected chi connectivity index (χ0v) is 16.4. The van der Waals surface area contributed by atoms with Crippen molar-refractivity contribution in [3.05, 3.63) is 77.9 Å². The number of benzene rings is 6. The molecule has 0 bridgehead atoms. The summed E-state index contributed by atoms with van der Waals surface area (Å²) in [5, 5.41) is 6.33. The minimum atomic E-state index is 0.00398. The van der Waals surface area contributed by atoms with Crippen LogP contribution >= 0.6 is 31.9 Å². The van der Waals surface area contributed by atoms with Crippen LogP contribution in [0.25, 0.3) is 54.2 Å². The van der Waals surface area contributed by atoms with E-state index >= 15 is 0 Å². The minimum absolute atomic E-state index is 0.00398. The van der Waals surface area contributed by atoms with E-state index in [9.17, 15) is 9.59 Å².